The molecule has 2 rings (SSSR count). The van der Waals surface area contributed by atoms with Crippen LogP contribution in [0.3, 0.4) is 0 Å². The van der Waals surface area contributed by atoms with E-state index in [1.807, 2.05) is 48.8 Å². The molecule has 0 aliphatic carbocycles. The van der Waals surface area contributed by atoms with Gasteiger partial charge in [-0.15, -0.1) is 0 Å². The molecular formula is C15H21N5O. The van der Waals surface area contributed by atoms with Gasteiger partial charge in [-0.25, -0.2) is 4.98 Å². The summed E-state index contributed by atoms with van der Waals surface area (Å²) in [5.41, 5.74) is 7.04. The second kappa shape index (κ2) is 6.41. The van der Waals surface area contributed by atoms with Crippen molar-refractivity contribution in [2.45, 2.75) is 19.5 Å². The summed E-state index contributed by atoms with van der Waals surface area (Å²) in [5, 5.41) is 2.87. The van der Waals surface area contributed by atoms with E-state index in [1.54, 1.807) is 18.3 Å². The lowest BCUT2D eigenvalue weighted by Crippen LogP contribution is -2.39. The number of rotatable bonds is 5. The Balaban J connectivity index is 1.97. The van der Waals surface area contributed by atoms with Crippen LogP contribution in [0.2, 0.25) is 0 Å². The SMILES string of the molecule is CC(C(=O)Nc1cccc(N)c1)N(C)Cc1nccn1C. The molecule has 1 heterocycles. The van der Waals surface area contributed by atoms with E-state index in [4.69, 9.17) is 5.73 Å². The number of hydrogen-bond donors (Lipinski definition) is 2. The standard InChI is InChI=1S/C15H21N5O/c1-11(20(3)10-14-17-7-8-19(14)2)15(21)18-13-6-4-5-12(16)9-13/h4-9,11H,10,16H2,1-3H3,(H,18,21). The molecule has 1 amide bonds. The van der Waals surface area contributed by atoms with Gasteiger partial charge < -0.3 is 15.6 Å². The lowest BCUT2D eigenvalue weighted by molar-refractivity contribution is -0.120. The molecule has 1 atom stereocenters. The number of aryl methyl sites for hydroxylation is 1. The minimum atomic E-state index is -0.275. The van der Waals surface area contributed by atoms with Crippen molar-refractivity contribution in [2.24, 2.45) is 7.05 Å². The molecule has 6 nitrogen and oxygen atoms in total. The summed E-state index contributed by atoms with van der Waals surface area (Å²) >= 11 is 0. The number of likely N-dealkylation sites (N-methyl/N-ethyl adjacent to an activating group) is 1. The van der Waals surface area contributed by atoms with Gasteiger partial charge in [0.2, 0.25) is 5.91 Å². The molecule has 0 saturated heterocycles. The number of nitrogens with one attached hydrogen (secondary N) is 1. The van der Waals surface area contributed by atoms with E-state index in [9.17, 15) is 4.79 Å². The van der Waals surface area contributed by atoms with Gasteiger partial charge in [0, 0.05) is 30.8 Å². The Morgan fingerprint density at radius 3 is 2.90 bits per heavy atom. The molecule has 0 radical (unpaired) electrons. The number of benzene rings is 1. The molecule has 0 aliphatic heterocycles. The third-order valence-corrected chi connectivity index (χ3v) is 3.51. The average molecular weight is 287 g/mol. The van der Waals surface area contributed by atoms with Gasteiger partial charge in [-0.05, 0) is 32.2 Å². The normalized spacial score (nSPS) is 12.4. The molecule has 0 fully saturated rings. The van der Waals surface area contributed by atoms with Crippen LogP contribution in [-0.4, -0.2) is 33.4 Å². The minimum Gasteiger partial charge on any atom is -0.399 e. The maximum absolute atomic E-state index is 12.3. The fourth-order valence-electron chi connectivity index (χ4n) is 1.97. The van der Waals surface area contributed by atoms with Crippen LogP contribution in [-0.2, 0) is 18.4 Å². The third kappa shape index (κ3) is 3.82. The van der Waals surface area contributed by atoms with Crippen molar-refractivity contribution < 1.29 is 4.79 Å². The monoisotopic (exact) mass is 287 g/mol. The Morgan fingerprint density at radius 1 is 1.52 bits per heavy atom. The second-order valence-corrected chi connectivity index (χ2v) is 5.16. The van der Waals surface area contributed by atoms with Gasteiger partial charge in [-0.1, -0.05) is 6.07 Å². The van der Waals surface area contributed by atoms with E-state index >= 15 is 0 Å². The highest BCUT2D eigenvalue weighted by Gasteiger charge is 2.19. The van der Waals surface area contributed by atoms with E-state index in [-0.39, 0.29) is 11.9 Å². The molecule has 21 heavy (non-hydrogen) atoms. The van der Waals surface area contributed by atoms with Crippen LogP contribution in [0.5, 0.6) is 0 Å². The first kappa shape index (κ1) is 15.1. The van der Waals surface area contributed by atoms with E-state index in [2.05, 4.69) is 10.3 Å². The number of nitrogen functional groups attached to an aromatic ring is 1. The van der Waals surface area contributed by atoms with Crippen LogP contribution in [0.25, 0.3) is 0 Å². The Labute approximate surface area is 124 Å². The summed E-state index contributed by atoms with van der Waals surface area (Å²) in [6.45, 7) is 2.47. The molecule has 3 N–H and O–H groups in total. The Kier molecular flexibility index (Phi) is 4.59. The highest BCUT2D eigenvalue weighted by Crippen LogP contribution is 2.13. The van der Waals surface area contributed by atoms with Crippen LogP contribution in [0.4, 0.5) is 11.4 Å². The summed E-state index contributed by atoms with van der Waals surface area (Å²) in [4.78, 5) is 18.5. The maximum atomic E-state index is 12.3. The lowest BCUT2D eigenvalue weighted by atomic mass is 10.2. The molecule has 0 saturated carbocycles. The van der Waals surface area contributed by atoms with Gasteiger partial charge in [0.1, 0.15) is 5.82 Å². The Bertz CT molecular complexity index is 622. The van der Waals surface area contributed by atoms with Crippen molar-refractivity contribution in [1.29, 1.82) is 0 Å². The quantitative estimate of drug-likeness (QED) is 0.816. The zero-order valence-corrected chi connectivity index (χ0v) is 12.6. The van der Waals surface area contributed by atoms with E-state index in [1.165, 1.54) is 0 Å². The number of anilines is 2. The van der Waals surface area contributed by atoms with Gasteiger partial charge in [0.25, 0.3) is 0 Å². The number of nitrogens with two attached hydrogens (primary N) is 1. The maximum Gasteiger partial charge on any atom is 0.241 e. The molecular weight excluding hydrogens is 266 g/mol. The van der Waals surface area contributed by atoms with Gasteiger partial charge in [-0.2, -0.15) is 0 Å². The van der Waals surface area contributed by atoms with Gasteiger partial charge in [-0.3, -0.25) is 9.69 Å². The topological polar surface area (TPSA) is 76.2 Å². The number of imidazole rings is 1. The van der Waals surface area contributed by atoms with Crippen LogP contribution < -0.4 is 11.1 Å². The van der Waals surface area contributed by atoms with Crippen LogP contribution >= 0.6 is 0 Å². The molecule has 1 aromatic heterocycles. The summed E-state index contributed by atoms with van der Waals surface area (Å²) in [6.07, 6.45) is 3.64. The first-order chi connectivity index (χ1) is 9.97. The number of carbonyl (C=O) groups excluding carboxylic acids is 1. The Morgan fingerprint density at radius 2 is 2.29 bits per heavy atom. The predicted molar refractivity (Wildman–Crippen MR) is 83.6 cm³/mol. The average Bonchev–Trinajstić information content (AvgIpc) is 2.83. The highest BCUT2D eigenvalue weighted by atomic mass is 16.2. The fourth-order valence-corrected chi connectivity index (χ4v) is 1.97. The van der Waals surface area contributed by atoms with Crippen molar-refractivity contribution in [3.63, 3.8) is 0 Å². The van der Waals surface area contributed by atoms with Crippen molar-refractivity contribution in [3.05, 3.63) is 42.5 Å². The van der Waals surface area contributed by atoms with Crippen molar-refractivity contribution in [1.82, 2.24) is 14.5 Å². The lowest BCUT2D eigenvalue weighted by Gasteiger charge is -2.23. The van der Waals surface area contributed by atoms with Crippen molar-refractivity contribution >= 4 is 17.3 Å². The third-order valence-electron chi connectivity index (χ3n) is 3.51. The molecule has 112 valence electrons. The minimum absolute atomic E-state index is 0.0719. The van der Waals surface area contributed by atoms with Crippen LogP contribution in [0, 0.1) is 0 Å². The second-order valence-electron chi connectivity index (χ2n) is 5.16. The van der Waals surface area contributed by atoms with Gasteiger partial charge >= 0.3 is 0 Å². The number of nitrogens with zero attached hydrogens (tertiary/aromatic N) is 3. The van der Waals surface area contributed by atoms with Crippen molar-refractivity contribution in [2.75, 3.05) is 18.1 Å². The number of carbonyl (C=O) groups is 1. The van der Waals surface area contributed by atoms with Crippen molar-refractivity contribution in [3.8, 4) is 0 Å². The molecule has 1 unspecified atom stereocenters. The zero-order valence-electron chi connectivity index (χ0n) is 12.6. The number of amides is 1. The molecule has 1 aromatic carbocycles. The summed E-state index contributed by atoms with van der Waals surface area (Å²) < 4.78 is 1.94. The zero-order chi connectivity index (χ0) is 15.4. The van der Waals surface area contributed by atoms with E-state index in [0.29, 0.717) is 17.9 Å². The summed E-state index contributed by atoms with van der Waals surface area (Å²) in [6, 6.07) is 6.88. The van der Waals surface area contributed by atoms with Gasteiger partial charge in [0.05, 0.1) is 12.6 Å². The fraction of sp³-hybridized carbons (Fsp3) is 0.333. The molecule has 0 bridgehead atoms. The summed E-state index contributed by atoms with van der Waals surface area (Å²) in [5.74, 6) is 0.846. The molecule has 2 aromatic rings. The summed E-state index contributed by atoms with van der Waals surface area (Å²) in [7, 11) is 3.84. The van der Waals surface area contributed by atoms with Crippen LogP contribution in [0.15, 0.2) is 36.7 Å². The number of aromatic nitrogens is 2. The van der Waals surface area contributed by atoms with E-state index < -0.39 is 0 Å². The molecule has 0 aliphatic rings. The predicted octanol–water partition coefficient (Wildman–Crippen LogP) is 1.46. The first-order valence-corrected chi connectivity index (χ1v) is 6.80. The first-order valence-electron chi connectivity index (χ1n) is 6.80. The highest BCUT2D eigenvalue weighted by molar-refractivity contribution is 5.94. The molecule has 0 spiro atoms. The Hall–Kier alpha value is -2.34. The van der Waals surface area contributed by atoms with E-state index in [0.717, 1.165) is 5.82 Å². The molecule has 6 heteroatoms. The smallest absolute Gasteiger partial charge is 0.241 e. The largest absolute Gasteiger partial charge is 0.399 e. The van der Waals surface area contributed by atoms with Gasteiger partial charge in [0.15, 0.2) is 0 Å². The van der Waals surface area contributed by atoms with Crippen LogP contribution in [0.1, 0.15) is 12.7 Å². The number of hydrogen-bond acceptors (Lipinski definition) is 4.